The summed E-state index contributed by atoms with van der Waals surface area (Å²) in [5.41, 5.74) is 0.373. The molecule has 17 heavy (non-hydrogen) atoms. The van der Waals surface area contributed by atoms with Crippen molar-refractivity contribution in [3.8, 4) is 37.0 Å². The van der Waals surface area contributed by atoms with Gasteiger partial charge in [-0.25, -0.2) is 0 Å². The van der Waals surface area contributed by atoms with E-state index < -0.39 is 0 Å². The van der Waals surface area contributed by atoms with Crippen molar-refractivity contribution in [3.05, 3.63) is 0 Å². The van der Waals surface area contributed by atoms with Crippen LogP contribution in [0.3, 0.4) is 0 Å². The molecule has 4 aliphatic rings. The van der Waals surface area contributed by atoms with Crippen LogP contribution < -0.4 is 0 Å². The van der Waals surface area contributed by atoms with Crippen LogP contribution in [0.4, 0.5) is 0 Å². The molecule has 4 rings (SSSR count). The molecule has 0 aliphatic heterocycles. The Morgan fingerprint density at radius 2 is 1.47 bits per heavy atom. The van der Waals surface area contributed by atoms with Gasteiger partial charge in [0.1, 0.15) is 0 Å². The fourth-order valence-corrected chi connectivity index (χ4v) is 5.37. The normalized spacial score (nSPS) is 50.3. The van der Waals surface area contributed by atoms with Crippen molar-refractivity contribution >= 4 is 0 Å². The Hall–Kier alpha value is -1.32. The zero-order chi connectivity index (χ0) is 12.1. The molecule has 0 aromatic rings. The lowest BCUT2D eigenvalue weighted by Gasteiger charge is -2.63. The molecule has 86 valence electrons. The first-order valence-corrected chi connectivity index (χ1v) is 6.48. The molecule has 0 aromatic carbocycles. The second kappa shape index (κ2) is 3.12. The van der Waals surface area contributed by atoms with Gasteiger partial charge in [-0.05, 0) is 49.9 Å². The fraction of sp³-hybridized carbons (Fsp3) is 0.647. The summed E-state index contributed by atoms with van der Waals surface area (Å²) in [5.74, 6) is 9.76. The molecule has 4 aliphatic carbocycles. The van der Waals surface area contributed by atoms with Crippen LogP contribution in [0.15, 0.2) is 0 Å². The summed E-state index contributed by atoms with van der Waals surface area (Å²) < 4.78 is 0. The Morgan fingerprint density at radius 1 is 0.882 bits per heavy atom. The van der Waals surface area contributed by atoms with Crippen LogP contribution in [0.1, 0.15) is 44.9 Å². The molecule has 2 unspecified atom stereocenters. The first-order chi connectivity index (χ1) is 8.09. The van der Waals surface area contributed by atoms with E-state index in [-0.39, 0.29) is 16.2 Å². The van der Waals surface area contributed by atoms with Gasteiger partial charge in [0.25, 0.3) is 0 Å². The summed E-state index contributed by atoms with van der Waals surface area (Å²) in [7, 11) is 0. The number of terminal acetylenes is 3. The van der Waals surface area contributed by atoms with Gasteiger partial charge < -0.3 is 0 Å². The Kier molecular flexibility index (Phi) is 1.98. The Bertz CT molecular complexity index is 446. The average molecular weight is 222 g/mol. The van der Waals surface area contributed by atoms with Crippen LogP contribution in [0.5, 0.6) is 0 Å². The van der Waals surface area contributed by atoms with Crippen molar-refractivity contribution in [3.63, 3.8) is 0 Å². The van der Waals surface area contributed by atoms with Crippen LogP contribution >= 0.6 is 0 Å². The van der Waals surface area contributed by atoms with Crippen molar-refractivity contribution in [2.45, 2.75) is 44.9 Å². The van der Waals surface area contributed by atoms with E-state index >= 15 is 0 Å². The number of hydrogen-bond acceptors (Lipinski definition) is 0. The van der Waals surface area contributed by atoms with Gasteiger partial charge >= 0.3 is 0 Å². The molecular formula is C17H18. The molecule has 4 saturated carbocycles. The van der Waals surface area contributed by atoms with Gasteiger partial charge in [0, 0.05) is 17.3 Å². The van der Waals surface area contributed by atoms with E-state index in [2.05, 4.69) is 17.8 Å². The highest BCUT2D eigenvalue weighted by atomic mass is 14.6. The largest absolute Gasteiger partial charge is 0.120 e. The van der Waals surface area contributed by atoms with Crippen molar-refractivity contribution in [1.29, 1.82) is 0 Å². The quantitative estimate of drug-likeness (QED) is 0.597. The molecule has 0 heterocycles. The van der Waals surface area contributed by atoms with Crippen LogP contribution in [-0.2, 0) is 0 Å². The van der Waals surface area contributed by atoms with Gasteiger partial charge in [-0.2, -0.15) is 0 Å². The highest BCUT2D eigenvalue weighted by Crippen LogP contribution is 2.70. The van der Waals surface area contributed by atoms with Gasteiger partial charge in [0.2, 0.25) is 0 Å². The van der Waals surface area contributed by atoms with Crippen molar-refractivity contribution in [2.75, 3.05) is 0 Å². The van der Waals surface area contributed by atoms with Gasteiger partial charge in [-0.15, -0.1) is 25.2 Å². The first kappa shape index (κ1) is 10.8. The molecule has 0 radical (unpaired) electrons. The SMILES string of the molecule is C#CCC12CC3CC(C#C)(CC(C#C)(C3)C1)C2. The van der Waals surface area contributed by atoms with Gasteiger partial charge in [-0.1, -0.05) is 11.8 Å². The minimum atomic E-state index is 0.0582. The van der Waals surface area contributed by atoms with E-state index in [1.165, 1.54) is 19.3 Å². The molecule has 0 amide bonds. The van der Waals surface area contributed by atoms with E-state index in [1.54, 1.807) is 0 Å². The predicted octanol–water partition coefficient (Wildman–Crippen LogP) is 3.23. The van der Waals surface area contributed by atoms with Crippen molar-refractivity contribution < 1.29 is 0 Å². The standard InChI is InChI=1S/C17H18/c1-4-7-17-10-14-8-15(5-2,12-17)11-16(6-3,9-14)13-17/h1-3,14H,7-13H2. The van der Waals surface area contributed by atoms with Crippen LogP contribution in [0.25, 0.3) is 0 Å². The molecule has 4 bridgehead atoms. The molecule has 0 nitrogen and oxygen atoms in total. The Morgan fingerprint density at radius 3 is 1.94 bits per heavy atom. The Labute approximate surface area is 105 Å². The molecule has 0 aromatic heterocycles. The highest BCUT2D eigenvalue weighted by Gasteiger charge is 2.62. The molecule has 0 heteroatoms. The molecular weight excluding hydrogens is 204 g/mol. The molecule has 2 atom stereocenters. The van der Waals surface area contributed by atoms with E-state index in [1.807, 2.05) is 0 Å². The second-order valence-electron chi connectivity index (χ2n) is 6.74. The minimum absolute atomic E-state index is 0.0582. The predicted molar refractivity (Wildman–Crippen MR) is 69.6 cm³/mol. The van der Waals surface area contributed by atoms with E-state index in [0.29, 0.717) is 5.92 Å². The Balaban J connectivity index is 2.06. The fourth-order valence-electron chi connectivity index (χ4n) is 5.37. The second-order valence-corrected chi connectivity index (χ2v) is 6.74. The molecule has 0 N–H and O–H groups in total. The lowest BCUT2D eigenvalue weighted by Crippen LogP contribution is -2.55. The molecule has 0 spiro atoms. The lowest BCUT2D eigenvalue weighted by atomic mass is 9.39. The summed E-state index contributed by atoms with van der Waals surface area (Å²) in [6.45, 7) is 0. The van der Waals surface area contributed by atoms with E-state index in [9.17, 15) is 0 Å². The maximum Gasteiger partial charge on any atom is 0.0334 e. The van der Waals surface area contributed by atoms with Crippen molar-refractivity contribution in [1.82, 2.24) is 0 Å². The third kappa shape index (κ3) is 1.36. The molecule has 0 saturated heterocycles. The summed E-state index contributed by atoms with van der Waals surface area (Å²) >= 11 is 0. The maximum atomic E-state index is 5.83. The highest BCUT2D eigenvalue weighted by molar-refractivity contribution is 5.27. The monoisotopic (exact) mass is 222 g/mol. The van der Waals surface area contributed by atoms with Crippen LogP contribution in [0.2, 0.25) is 0 Å². The van der Waals surface area contributed by atoms with Gasteiger partial charge in [0.05, 0.1) is 0 Å². The number of hydrogen-bond donors (Lipinski definition) is 0. The average Bonchev–Trinajstić information content (AvgIpc) is 2.27. The smallest absolute Gasteiger partial charge is 0.0334 e. The topological polar surface area (TPSA) is 0 Å². The number of rotatable bonds is 1. The van der Waals surface area contributed by atoms with Crippen LogP contribution in [-0.4, -0.2) is 0 Å². The zero-order valence-corrected chi connectivity index (χ0v) is 10.3. The van der Waals surface area contributed by atoms with E-state index in [4.69, 9.17) is 19.3 Å². The van der Waals surface area contributed by atoms with Crippen LogP contribution in [0, 0.1) is 59.2 Å². The van der Waals surface area contributed by atoms with Gasteiger partial charge in [0.15, 0.2) is 0 Å². The van der Waals surface area contributed by atoms with E-state index in [0.717, 1.165) is 25.7 Å². The third-order valence-electron chi connectivity index (χ3n) is 5.27. The van der Waals surface area contributed by atoms with Gasteiger partial charge in [-0.3, -0.25) is 0 Å². The first-order valence-electron chi connectivity index (χ1n) is 6.48. The minimum Gasteiger partial charge on any atom is -0.120 e. The third-order valence-corrected chi connectivity index (χ3v) is 5.27. The lowest BCUT2D eigenvalue weighted by molar-refractivity contribution is -0.109. The summed E-state index contributed by atoms with van der Waals surface area (Å²) in [5, 5.41) is 0. The summed E-state index contributed by atoms with van der Waals surface area (Å²) in [6, 6.07) is 0. The molecule has 4 fully saturated rings. The zero-order valence-electron chi connectivity index (χ0n) is 10.3. The van der Waals surface area contributed by atoms with Crippen molar-refractivity contribution in [2.24, 2.45) is 22.2 Å². The maximum absolute atomic E-state index is 5.83. The summed E-state index contributed by atoms with van der Waals surface area (Å²) in [6.07, 6.45) is 24.9. The summed E-state index contributed by atoms with van der Waals surface area (Å²) in [4.78, 5) is 0.